The van der Waals surface area contributed by atoms with Crippen LogP contribution in [-0.4, -0.2) is 43.3 Å². The number of rotatable bonds is 3. The minimum absolute atomic E-state index is 0.272. The zero-order valence-corrected chi connectivity index (χ0v) is 11.2. The maximum atomic E-state index is 5.72. The summed E-state index contributed by atoms with van der Waals surface area (Å²) in [5, 5.41) is 0. The number of hydrogen-bond acceptors (Lipinski definition) is 3. The van der Waals surface area contributed by atoms with Crippen LogP contribution in [0.5, 0.6) is 0 Å². The predicted octanol–water partition coefficient (Wildman–Crippen LogP) is 2.00. The van der Waals surface area contributed by atoms with Gasteiger partial charge in [0.15, 0.2) is 0 Å². The van der Waals surface area contributed by atoms with E-state index in [2.05, 4.69) is 11.8 Å². The largest absolute Gasteiger partial charge is 0.374 e. The Balaban J connectivity index is 1.84. The van der Waals surface area contributed by atoms with E-state index >= 15 is 0 Å². The molecule has 1 heterocycles. The minimum atomic E-state index is 0.272. The highest BCUT2D eigenvalue weighted by Gasteiger charge is 2.27. The molecule has 3 heteroatoms. The van der Waals surface area contributed by atoms with Crippen LogP contribution in [0.3, 0.4) is 0 Å². The molecule has 3 atom stereocenters. The monoisotopic (exact) mass is 240 g/mol. The quantitative estimate of drug-likeness (QED) is 0.767. The number of hydrogen-bond donors (Lipinski definition) is 1. The van der Waals surface area contributed by atoms with Crippen LogP contribution < -0.4 is 5.73 Å². The highest BCUT2D eigenvalue weighted by Crippen LogP contribution is 2.28. The van der Waals surface area contributed by atoms with Gasteiger partial charge in [-0.25, -0.2) is 0 Å². The zero-order chi connectivity index (χ0) is 12.1. The Bertz CT molecular complexity index is 222. The fourth-order valence-corrected chi connectivity index (χ4v) is 3.35. The molecular formula is C14H28N2O. The first-order chi connectivity index (χ1) is 8.33. The van der Waals surface area contributed by atoms with Gasteiger partial charge in [0.2, 0.25) is 0 Å². The fourth-order valence-electron chi connectivity index (χ4n) is 3.35. The first kappa shape index (κ1) is 13.3. The van der Waals surface area contributed by atoms with E-state index in [1.165, 1.54) is 38.5 Å². The van der Waals surface area contributed by atoms with Gasteiger partial charge in [0.1, 0.15) is 0 Å². The third-order valence-corrected chi connectivity index (χ3v) is 4.58. The van der Waals surface area contributed by atoms with Gasteiger partial charge in [0.05, 0.1) is 12.7 Å². The van der Waals surface area contributed by atoms with Gasteiger partial charge in [-0.1, -0.05) is 26.2 Å². The molecule has 2 rings (SSSR count). The Morgan fingerprint density at radius 3 is 2.88 bits per heavy atom. The van der Waals surface area contributed by atoms with Crippen molar-refractivity contribution in [3.05, 3.63) is 0 Å². The van der Waals surface area contributed by atoms with Gasteiger partial charge in [0.25, 0.3) is 0 Å². The Morgan fingerprint density at radius 1 is 1.24 bits per heavy atom. The van der Waals surface area contributed by atoms with E-state index in [0.717, 1.165) is 31.7 Å². The van der Waals surface area contributed by atoms with Crippen LogP contribution in [0.15, 0.2) is 0 Å². The molecule has 2 fully saturated rings. The van der Waals surface area contributed by atoms with Gasteiger partial charge < -0.3 is 10.5 Å². The van der Waals surface area contributed by atoms with Gasteiger partial charge in [-0.3, -0.25) is 4.90 Å². The van der Waals surface area contributed by atoms with Gasteiger partial charge in [-0.2, -0.15) is 0 Å². The van der Waals surface area contributed by atoms with Crippen molar-refractivity contribution in [3.63, 3.8) is 0 Å². The highest BCUT2D eigenvalue weighted by atomic mass is 16.5. The van der Waals surface area contributed by atoms with E-state index in [4.69, 9.17) is 10.5 Å². The van der Waals surface area contributed by atoms with Crippen molar-refractivity contribution in [2.75, 3.05) is 26.2 Å². The number of nitrogens with zero attached hydrogens (tertiary/aromatic N) is 1. The number of ether oxygens (including phenoxy) is 1. The van der Waals surface area contributed by atoms with E-state index in [1.54, 1.807) is 0 Å². The molecule has 1 aliphatic carbocycles. The highest BCUT2D eigenvalue weighted by molar-refractivity contribution is 4.81. The topological polar surface area (TPSA) is 38.5 Å². The SMILES string of the molecule is CCC1CCCC(N2CCOC(CN)C2)CC1. The molecular weight excluding hydrogens is 212 g/mol. The summed E-state index contributed by atoms with van der Waals surface area (Å²) in [6.07, 6.45) is 8.68. The maximum Gasteiger partial charge on any atom is 0.0824 e. The molecule has 17 heavy (non-hydrogen) atoms. The van der Waals surface area contributed by atoms with Gasteiger partial charge >= 0.3 is 0 Å². The van der Waals surface area contributed by atoms with Crippen LogP contribution in [0, 0.1) is 5.92 Å². The summed E-state index contributed by atoms with van der Waals surface area (Å²) in [5.74, 6) is 0.978. The smallest absolute Gasteiger partial charge is 0.0824 e. The average Bonchev–Trinajstić information content (AvgIpc) is 2.64. The molecule has 0 aromatic heterocycles. The van der Waals surface area contributed by atoms with Crippen molar-refractivity contribution < 1.29 is 4.74 Å². The molecule has 0 aromatic rings. The Kier molecular flexibility index (Phi) is 5.26. The van der Waals surface area contributed by atoms with Crippen molar-refractivity contribution >= 4 is 0 Å². The molecule has 1 saturated heterocycles. The van der Waals surface area contributed by atoms with E-state index in [1.807, 2.05) is 0 Å². The maximum absolute atomic E-state index is 5.72. The summed E-state index contributed by atoms with van der Waals surface area (Å²) in [4.78, 5) is 2.64. The molecule has 2 N–H and O–H groups in total. The fraction of sp³-hybridized carbons (Fsp3) is 1.00. The molecule has 1 saturated carbocycles. The summed E-state index contributed by atoms with van der Waals surface area (Å²) in [6.45, 7) is 6.04. The lowest BCUT2D eigenvalue weighted by molar-refractivity contribution is -0.0405. The molecule has 100 valence electrons. The van der Waals surface area contributed by atoms with Gasteiger partial charge in [-0.05, 0) is 25.2 Å². The van der Waals surface area contributed by atoms with Crippen LogP contribution in [0.2, 0.25) is 0 Å². The molecule has 2 aliphatic rings. The predicted molar refractivity (Wildman–Crippen MR) is 71.0 cm³/mol. The third kappa shape index (κ3) is 3.67. The van der Waals surface area contributed by atoms with E-state index in [9.17, 15) is 0 Å². The van der Waals surface area contributed by atoms with Crippen LogP contribution in [0.1, 0.15) is 45.4 Å². The molecule has 0 aromatic carbocycles. The first-order valence-corrected chi connectivity index (χ1v) is 7.39. The third-order valence-electron chi connectivity index (χ3n) is 4.58. The van der Waals surface area contributed by atoms with Crippen molar-refractivity contribution in [2.45, 2.75) is 57.6 Å². The molecule has 0 bridgehead atoms. The summed E-state index contributed by atoms with van der Waals surface area (Å²) in [6, 6.07) is 0.796. The summed E-state index contributed by atoms with van der Waals surface area (Å²) in [5.41, 5.74) is 5.72. The Hall–Kier alpha value is -0.120. The molecule has 0 radical (unpaired) electrons. The zero-order valence-electron chi connectivity index (χ0n) is 11.2. The van der Waals surface area contributed by atoms with Crippen LogP contribution in [0.4, 0.5) is 0 Å². The van der Waals surface area contributed by atoms with Crippen molar-refractivity contribution in [3.8, 4) is 0 Å². The number of nitrogens with two attached hydrogens (primary N) is 1. The molecule has 3 unspecified atom stereocenters. The lowest BCUT2D eigenvalue weighted by atomic mass is 9.97. The van der Waals surface area contributed by atoms with E-state index < -0.39 is 0 Å². The Morgan fingerprint density at radius 2 is 2.12 bits per heavy atom. The Labute approximate surface area is 106 Å². The van der Waals surface area contributed by atoms with Crippen molar-refractivity contribution in [2.24, 2.45) is 11.7 Å². The van der Waals surface area contributed by atoms with E-state index in [-0.39, 0.29) is 6.10 Å². The molecule has 3 nitrogen and oxygen atoms in total. The van der Waals surface area contributed by atoms with Crippen molar-refractivity contribution in [1.29, 1.82) is 0 Å². The lowest BCUT2D eigenvalue weighted by Crippen LogP contribution is -2.49. The molecule has 0 amide bonds. The summed E-state index contributed by atoms with van der Waals surface area (Å²) >= 11 is 0. The molecule has 1 aliphatic heterocycles. The molecule has 0 spiro atoms. The van der Waals surface area contributed by atoms with Crippen LogP contribution in [-0.2, 0) is 4.74 Å². The standard InChI is InChI=1S/C14H28N2O/c1-2-12-4-3-5-13(7-6-12)16-8-9-17-14(10-15)11-16/h12-14H,2-11,15H2,1H3. The second kappa shape index (κ2) is 6.72. The van der Waals surface area contributed by atoms with E-state index in [0.29, 0.717) is 6.54 Å². The second-order valence-corrected chi connectivity index (χ2v) is 5.66. The number of morpholine rings is 1. The lowest BCUT2D eigenvalue weighted by Gasteiger charge is -2.37. The van der Waals surface area contributed by atoms with Gasteiger partial charge in [0, 0.05) is 25.7 Å². The first-order valence-electron chi connectivity index (χ1n) is 7.39. The summed E-state index contributed by atoms with van der Waals surface area (Å²) < 4.78 is 5.66. The average molecular weight is 240 g/mol. The normalized spacial score (nSPS) is 36.7. The summed E-state index contributed by atoms with van der Waals surface area (Å²) in [7, 11) is 0. The van der Waals surface area contributed by atoms with Crippen LogP contribution >= 0.6 is 0 Å². The van der Waals surface area contributed by atoms with Crippen molar-refractivity contribution in [1.82, 2.24) is 4.90 Å². The van der Waals surface area contributed by atoms with Gasteiger partial charge in [-0.15, -0.1) is 0 Å². The minimum Gasteiger partial charge on any atom is -0.374 e. The van der Waals surface area contributed by atoms with Crippen LogP contribution in [0.25, 0.3) is 0 Å². The second-order valence-electron chi connectivity index (χ2n) is 5.66.